The van der Waals surface area contributed by atoms with Crippen LogP contribution in [0.1, 0.15) is 25.1 Å². The van der Waals surface area contributed by atoms with E-state index in [0.717, 1.165) is 30.9 Å². The van der Waals surface area contributed by atoms with Crippen molar-refractivity contribution in [1.82, 2.24) is 14.6 Å². The molecule has 0 bridgehead atoms. The zero-order valence-electron chi connectivity index (χ0n) is 9.67. The van der Waals surface area contributed by atoms with Gasteiger partial charge < -0.3 is 10.5 Å². The lowest BCUT2D eigenvalue weighted by Gasteiger charge is -2.21. The van der Waals surface area contributed by atoms with Gasteiger partial charge in [0.15, 0.2) is 5.65 Å². The first-order chi connectivity index (χ1) is 8.33. The van der Waals surface area contributed by atoms with Crippen molar-refractivity contribution in [3.05, 3.63) is 24.2 Å². The van der Waals surface area contributed by atoms with Crippen LogP contribution in [0.15, 0.2) is 18.3 Å². The van der Waals surface area contributed by atoms with Crippen LogP contribution in [0, 0.1) is 0 Å². The number of pyridine rings is 1. The summed E-state index contributed by atoms with van der Waals surface area (Å²) in [5.41, 5.74) is 7.23. The molecule has 1 atom stereocenters. The summed E-state index contributed by atoms with van der Waals surface area (Å²) in [4.78, 5) is 0. The first-order valence-electron chi connectivity index (χ1n) is 6.04. The highest BCUT2D eigenvalue weighted by atomic mass is 16.5. The van der Waals surface area contributed by atoms with Gasteiger partial charge in [-0.1, -0.05) is 0 Å². The van der Waals surface area contributed by atoms with Crippen LogP contribution >= 0.6 is 0 Å². The molecule has 17 heavy (non-hydrogen) atoms. The molecule has 2 aromatic rings. The molecule has 5 nitrogen and oxygen atoms in total. The maximum atomic E-state index is 5.72. The van der Waals surface area contributed by atoms with Gasteiger partial charge >= 0.3 is 0 Å². The maximum absolute atomic E-state index is 5.72. The number of nitrogen functional groups attached to an aromatic ring is 1. The lowest BCUT2D eigenvalue weighted by atomic mass is 10.1. The van der Waals surface area contributed by atoms with Crippen molar-refractivity contribution in [2.45, 2.75) is 31.8 Å². The number of ether oxygens (including phenoxy) is 1. The Morgan fingerprint density at radius 1 is 1.41 bits per heavy atom. The third-order valence-corrected chi connectivity index (χ3v) is 3.19. The van der Waals surface area contributed by atoms with E-state index in [0.29, 0.717) is 5.69 Å². The number of nitrogens with zero attached hydrogens (tertiary/aromatic N) is 3. The van der Waals surface area contributed by atoms with Crippen LogP contribution in [0.2, 0.25) is 0 Å². The molecule has 3 heterocycles. The largest absolute Gasteiger partial charge is 0.399 e. The molecule has 0 radical (unpaired) electrons. The number of hydrogen-bond acceptors (Lipinski definition) is 4. The van der Waals surface area contributed by atoms with E-state index in [2.05, 4.69) is 10.2 Å². The fourth-order valence-electron chi connectivity index (χ4n) is 2.27. The molecule has 5 heteroatoms. The van der Waals surface area contributed by atoms with Gasteiger partial charge in [-0.2, -0.15) is 0 Å². The minimum Gasteiger partial charge on any atom is -0.399 e. The average molecular weight is 232 g/mol. The molecule has 0 aromatic carbocycles. The lowest BCUT2D eigenvalue weighted by Crippen LogP contribution is -2.22. The Morgan fingerprint density at radius 3 is 3.18 bits per heavy atom. The predicted molar refractivity (Wildman–Crippen MR) is 64.7 cm³/mol. The third-order valence-electron chi connectivity index (χ3n) is 3.19. The molecule has 1 aliphatic heterocycles. The fraction of sp³-hybridized carbons (Fsp3) is 0.500. The van der Waals surface area contributed by atoms with E-state index < -0.39 is 0 Å². The lowest BCUT2D eigenvalue weighted by molar-refractivity contribution is 0.0155. The zero-order chi connectivity index (χ0) is 11.7. The minimum atomic E-state index is 0.286. The van der Waals surface area contributed by atoms with Gasteiger partial charge in [0, 0.05) is 31.0 Å². The zero-order valence-corrected chi connectivity index (χ0v) is 9.67. The van der Waals surface area contributed by atoms with Crippen LogP contribution < -0.4 is 5.73 Å². The highest BCUT2D eigenvalue weighted by Crippen LogP contribution is 2.17. The van der Waals surface area contributed by atoms with Crippen molar-refractivity contribution in [3.63, 3.8) is 0 Å². The van der Waals surface area contributed by atoms with Crippen molar-refractivity contribution in [3.8, 4) is 0 Å². The second-order valence-corrected chi connectivity index (χ2v) is 4.50. The molecule has 1 aliphatic rings. The van der Waals surface area contributed by atoms with Gasteiger partial charge in [-0.3, -0.25) is 4.40 Å². The van der Waals surface area contributed by atoms with Crippen LogP contribution in [0.3, 0.4) is 0 Å². The molecule has 0 spiro atoms. The summed E-state index contributed by atoms with van der Waals surface area (Å²) in [6.07, 6.45) is 6.56. The number of fused-ring (bicyclic) bond motifs is 1. The summed E-state index contributed by atoms with van der Waals surface area (Å²) in [6, 6.07) is 3.69. The second-order valence-electron chi connectivity index (χ2n) is 4.50. The molecule has 90 valence electrons. The van der Waals surface area contributed by atoms with E-state index in [4.69, 9.17) is 10.5 Å². The van der Waals surface area contributed by atoms with Gasteiger partial charge in [-0.25, -0.2) is 0 Å². The molecule has 1 fully saturated rings. The summed E-state index contributed by atoms with van der Waals surface area (Å²) < 4.78 is 7.70. The monoisotopic (exact) mass is 232 g/mol. The van der Waals surface area contributed by atoms with Gasteiger partial charge in [0.1, 0.15) is 5.82 Å². The SMILES string of the molecule is Nc1ccn2c(CC3CCCCO3)nnc2c1. The number of rotatable bonds is 2. The quantitative estimate of drug-likeness (QED) is 0.850. The Balaban J connectivity index is 1.84. The number of nitrogens with two attached hydrogens (primary N) is 1. The fourth-order valence-corrected chi connectivity index (χ4v) is 2.27. The van der Waals surface area contributed by atoms with Crippen molar-refractivity contribution < 1.29 is 4.74 Å². The molecule has 2 N–H and O–H groups in total. The summed E-state index contributed by atoms with van der Waals surface area (Å²) in [7, 11) is 0. The Morgan fingerprint density at radius 2 is 2.35 bits per heavy atom. The van der Waals surface area contributed by atoms with Gasteiger partial charge in [-0.15, -0.1) is 10.2 Å². The van der Waals surface area contributed by atoms with Gasteiger partial charge in [-0.05, 0) is 25.3 Å². The van der Waals surface area contributed by atoms with Crippen LogP contribution in [0.25, 0.3) is 5.65 Å². The third kappa shape index (κ3) is 2.10. The van der Waals surface area contributed by atoms with Crippen LogP contribution in [-0.4, -0.2) is 27.3 Å². The number of anilines is 1. The van der Waals surface area contributed by atoms with Crippen molar-refractivity contribution in [1.29, 1.82) is 0 Å². The molecular weight excluding hydrogens is 216 g/mol. The Hall–Kier alpha value is -1.62. The topological polar surface area (TPSA) is 65.4 Å². The first kappa shape index (κ1) is 10.5. The van der Waals surface area contributed by atoms with Gasteiger partial charge in [0.25, 0.3) is 0 Å². The van der Waals surface area contributed by atoms with Crippen molar-refractivity contribution >= 4 is 11.3 Å². The predicted octanol–water partition coefficient (Wildman–Crippen LogP) is 1.42. The normalized spacial score (nSPS) is 20.8. The first-order valence-corrected chi connectivity index (χ1v) is 6.04. The maximum Gasteiger partial charge on any atom is 0.162 e. The summed E-state index contributed by atoms with van der Waals surface area (Å²) in [6.45, 7) is 0.869. The second kappa shape index (κ2) is 4.33. The van der Waals surface area contributed by atoms with Crippen LogP contribution in [0.4, 0.5) is 5.69 Å². The van der Waals surface area contributed by atoms with Crippen molar-refractivity contribution in [2.75, 3.05) is 12.3 Å². The van der Waals surface area contributed by atoms with Crippen LogP contribution in [0.5, 0.6) is 0 Å². The Bertz CT molecular complexity index is 516. The highest BCUT2D eigenvalue weighted by molar-refractivity contribution is 5.51. The molecular formula is C12H16N4O. The molecule has 2 aromatic heterocycles. The number of hydrogen-bond donors (Lipinski definition) is 1. The Labute approximate surface area is 99.6 Å². The van der Waals surface area contributed by atoms with Gasteiger partial charge in [0.2, 0.25) is 0 Å². The van der Waals surface area contributed by atoms with E-state index in [1.165, 1.54) is 12.8 Å². The Kier molecular flexibility index (Phi) is 2.68. The smallest absolute Gasteiger partial charge is 0.162 e. The molecule has 3 rings (SSSR count). The van der Waals surface area contributed by atoms with E-state index in [-0.39, 0.29) is 6.10 Å². The molecule has 0 amide bonds. The summed E-state index contributed by atoms with van der Waals surface area (Å²) in [5, 5.41) is 8.33. The average Bonchev–Trinajstić information content (AvgIpc) is 2.73. The highest BCUT2D eigenvalue weighted by Gasteiger charge is 2.17. The molecule has 1 unspecified atom stereocenters. The van der Waals surface area contributed by atoms with E-state index in [1.54, 1.807) is 0 Å². The van der Waals surface area contributed by atoms with E-state index in [1.807, 2.05) is 22.7 Å². The van der Waals surface area contributed by atoms with Crippen molar-refractivity contribution in [2.24, 2.45) is 0 Å². The van der Waals surface area contributed by atoms with Gasteiger partial charge in [0.05, 0.1) is 6.10 Å². The molecule has 0 saturated carbocycles. The summed E-state index contributed by atoms with van der Waals surface area (Å²) >= 11 is 0. The standard InChI is InChI=1S/C12H16N4O/c13-9-4-5-16-11(7-9)14-15-12(16)8-10-3-1-2-6-17-10/h4-5,7,10H,1-3,6,8,13H2. The van der Waals surface area contributed by atoms with Crippen LogP contribution in [-0.2, 0) is 11.2 Å². The van der Waals surface area contributed by atoms with E-state index >= 15 is 0 Å². The molecule has 0 aliphatic carbocycles. The summed E-state index contributed by atoms with van der Waals surface area (Å²) in [5.74, 6) is 0.951. The molecule has 1 saturated heterocycles. The minimum absolute atomic E-state index is 0.286. The number of aromatic nitrogens is 3. The van der Waals surface area contributed by atoms with E-state index in [9.17, 15) is 0 Å².